The lowest BCUT2D eigenvalue weighted by Gasteiger charge is -2.11. The van der Waals surface area contributed by atoms with E-state index in [4.69, 9.17) is 9.47 Å². The van der Waals surface area contributed by atoms with E-state index >= 15 is 0 Å². The first kappa shape index (κ1) is 14.7. The van der Waals surface area contributed by atoms with E-state index in [0.717, 1.165) is 23.5 Å². The molecule has 0 unspecified atom stereocenters. The molecule has 0 atom stereocenters. The van der Waals surface area contributed by atoms with Crippen molar-refractivity contribution in [3.05, 3.63) is 66.4 Å². The number of ether oxygens (including phenoxy) is 2. The van der Waals surface area contributed by atoms with Crippen LogP contribution in [0.3, 0.4) is 0 Å². The van der Waals surface area contributed by atoms with Crippen molar-refractivity contribution in [1.82, 2.24) is 4.57 Å². The number of hydrogen-bond donors (Lipinski definition) is 0. The van der Waals surface area contributed by atoms with Gasteiger partial charge in [-0.2, -0.15) is 13.2 Å². The Labute approximate surface area is 135 Å². The van der Waals surface area contributed by atoms with Crippen LogP contribution in [0, 0.1) is 6.07 Å². The first-order valence-corrected chi connectivity index (χ1v) is 7.18. The molecule has 0 bridgehead atoms. The highest BCUT2D eigenvalue weighted by atomic mass is 19.4. The van der Waals surface area contributed by atoms with Crippen LogP contribution < -0.4 is 9.47 Å². The van der Waals surface area contributed by atoms with Crippen LogP contribution >= 0.6 is 0 Å². The fraction of sp³-hybridized carbons (Fsp3) is 0.111. The van der Waals surface area contributed by atoms with Crippen LogP contribution in [0.2, 0.25) is 0 Å². The summed E-state index contributed by atoms with van der Waals surface area (Å²) in [5.41, 5.74) is 1.55. The number of alkyl halides is 3. The Morgan fingerprint density at radius 1 is 0.958 bits per heavy atom. The highest BCUT2D eigenvalue weighted by Gasteiger charge is 2.30. The van der Waals surface area contributed by atoms with Gasteiger partial charge < -0.3 is 14.0 Å². The zero-order valence-electron chi connectivity index (χ0n) is 12.3. The maximum Gasteiger partial charge on any atom is 0.416 e. The Morgan fingerprint density at radius 3 is 2.46 bits per heavy atom. The van der Waals surface area contributed by atoms with Gasteiger partial charge in [-0.25, -0.2) is 0 Å². The monoisotopic (exact) mass is 330 g/mol. The summed E-state index contributed by atoms with van der Waals surface area (Å²) in [5, 5.41) is 0. The molecule has 1 aliphatic rings. The normalized spacial score (nSPS) is 13.3. The van der Waals surface area contributed by atoms with Gasteiger partial charge in [0.15, 0.2) is 11.5 Å². The highest BCUT2D eigenvalue weighted by molar-refractivity contribution is 5.64. The first-order valence-electron chi connectivity index (χ1n) is 7.18. The van der Waals surface area contributed by atoms with Gasteiger partial charge in [-0.3, -0.25) is 0 Å². The number of fused-ring (bicyclic) bond motifs is 1. The van der Waals surface area contributed by atoms with Crippen LogP contribution in [-0.2, 0) is 6.18 Å². The molecule has 3 nitrogen and oxygen atoms in total. The second-order valence-electron chi connectivity index (χ2n) is 5.31. The zero-order valence-corrected chi connectivity index (χ0v) is 12.3. The third-order valence-corrected chi connectivity index (χ3v) is 3.83. The molecule has 0 fully saturated rings. The summed E-state index contributed by atoms with van der Waals surface area (Å²) in [6.45, 7) is 0.183. The van der Waals surface area contributed by atoms with Crippen LogP contribution in [0.5, 0.6) is 11.5 Å². The Hall–Kier alpha value is -2.89. The number of hydrogen-bond acceptors (Lipinski definition) is 2. The molecule has 2 heterocycles. The molecule has 0 spiro atoms. The molecule has 6 heteroatoms. The summed E-state index contributed by atoms with van der Waals surface area (Å²) < 4.78 is 50.6. The molecule has 1 radical (unpaired) electrons. The fourth-order valence-corrected chi connectivity index (χ4v) is 2.63. The van der Waals surface area contributed by atoms with E-state index in [1.165, 1.54) is 12.1 Å². The largest absolute Gasteiger partial charge is 0.454 e. The Morgan fingerprint density at radius 2 is 1.71 bits per heavy atom. The molecular formula is C18H11F3NO2. The van der Waals surface area contributed by atoms with Crippen LogP contribution in [0.15, 0.2) is 54.7 Å². The SMILES string of the molecule is FC(F)(F)c1ccc(-c2c[c]cn2-c2ccc3c(c2)OCO3)cc1. The van der Waals surface area contributed by atoms with E-state index in [1.54, 1.807) is 18.3 Å². The minimum atomic E-state index is -4.34. The molecule has 3 aromatic rings. The summed E-state index contributed by atoms with van der Waals surface area (Å²) >= 11 is 0. The van der Waals surface area contributed by atoms with Gasteiger partial charge in [0.1, 0.15) is 0 Å². The van der Waals surface area contributed by atoms with Crippen molar-refractivity contribution in [2.75, 3.05) is 6.79 Å². The molecule has 121 valence electrons. The van der Waals surface area contributed by atoms with Crippen molar-refractivity contribution in [2.45, 2.75) is 6.18 Å². The van der Waals surface area contributed by atoms with Crippen LogP contribution in [0.1, 0.15) is 5.56 Å². The van der Waals surface area contributed by atoms with Crippen LogP contribution in [-0.4, -0.2) is 11.4 Å². The molecule has 0 N–H and O–H groups in total. The number of benzene rings is 2. The maximum atomic E-state index is 12.7. The van der Waals surface area contributed by atoms with Gasteiger partial charge in [0, 0.05) is 24.0 Å². The Bertz CT molecular complexity index is 882. The summed E-state index contributed by atoms with van der Waals surface area (Å²) in [4.78, 5) is 0. The Balaban J connectivity index is 1.73. The van der Waals surface area contributed by atoms with Gasteiger partial charge in [-0.05, 0) is 35.9 Å². The Kier molecular flexibility index (Phi) is 3.26. The van der Waals surface area contributed by atoms with E-state index in [1.807, 2.05) is 16.7 Å². The third kappa shape index (κ3) is 2.50. The minimum absolute atomic E-state index is 0.183. The highest BCUT2D eigenvalue weighted by Crippen LogP contribution is 2.35. The summed E-state index contributed by atoms with van der Waals surface area (Å²) in [6.07, 6.45) is -2.62. The van der Waals surface area contributed by atoms with Crippen LogP contribution in [0.25, 0.3) is 16.9 Å². The van der Waals surface area contributed by atoms with Crippen molar-refractivity contribution in [1.29, 1.82) is 0 Å². The van der Waals surface area contributed by atoms with Crippen molar-refractivity contribution in [3.8, 4) is 28.4 Å². The molecule has 0 saturated carbocycles. The maximum absolute atomic E-state index is 12.7. The molecule has 0 saturated heterocycles. The molecule has 1 aliphatic heterocycles. The first-order chi connectivity index (χ1) is 11.5. The van der Waals surface area contributed by atoms with E-state index in [0.29, 0.717) is 17.1 Å². The average Bonchev–Trinajstić information content (AvgIpc) is 3.22. The lowest BCUT2D eigenvalue weighted by molar-refractivity contribution is -0.137. The van der Waals surface area contributed by atoms with Crippen molar-refractivity contribution < 1.29 is 22.6 Å². The van der Waals surface area contributed by atoms with Gasteiger partial charge >= 0.3 is 6.18 Å². The molecule has 1 aromatic heterocycles. The smallest absolute Gasteiger partial charge is 0.416 e. The van der Waals surface area contributed by atoms with E-state index in [2.05, 4.69) is 6.07 Å². The fourth-order valence-electron chi connectivity index (χ4n) is 2.63. The third-order valence-electron chi connectivity index (χ3n) is 3.83. The zero-order chi connectivity index (χ0) is 16.7. The summed E-state index contributed by atoms with van der Waals surface area (Å²) in [7, 11) is 0. The van der Waals surface area contributed by atoms with E-state index in [9.17, 15) is 13.2 Å². The number of rotatable bonds is 2. The lowest BCUT2D eigenvalue weighted by Crippen LogP contribution is -2.04. The molecule has 24 heavy (non-hydrogen) atoms. The van der Waals surface area contributed by atoms with Crippen molar-refractivity contribution in [3.63, 3.8) is 0 Å². The molecule has 0 aliphatic carbocycles. The number of halogens is 3. The van der Waals surface area contributed by atoms with Gasteiger partial charge in [0.05, 0.1) is 11.3 Å². The van der Waals surface area contributed by atoms with E-state index < -0.39 is 11.7 Å². The molecule has 2 aromatic carbocycles. The summed E-state index contributed by atoms with van der Waals surface area (Å²) in [6, 6.07) is 15.2. The standard InChI is InChI=1S/C18H11F3NO2/c19-18(20,21)13-5-3-12(4-6-13)15-2-1-9-22(15)14-7-8-16-17(10-14)24-11-23-16/h2-10H,11H2. The van der Waals surface area contributed by atoms with Gasteiger partial charge in [0.2, 0.25) is 6.79 Å². The quantitative estimate of drug-likeness (QED) is 0.680. The topological polar surface area (TPSA) is 23.4 Å². The molecule has 0 amide bonds. The predicted molar refractivity (Wildman–Crippen MR) is 81.2 cm³/mol. The van der Waals surface area contributed by atoms with E-state index in [-0.39, 0.29) is 6.79 Å². The summed E-state index contributed by atoms with van der Waals surface area (Å²) in [5.74, 6) is 1.31. The van der Waals surface area contributed by atoms with Gasteiger partial charge in [-0.15, -0.1) is 0 Å². The number of nitrogens with zero attached hydrogens (tertiary/aromatic N) is 1. The van der Waals surface area contributed by atoms with Crippen molar-refractivity contribution in [2.24, 2.45) is 0 Å². The number of aromatic nitrogens is 1. The van der Waals surface area contributed by atoms with Gasteiger partial charge in [-0.1, -0.05) is 12.1 Å². The minimum Gasteiger partial charge on any atom is -0.454 e. The van der Waals surface area contributed by atoms with Gasteiger partial charge in [0.25, 0.3) is 0 Å². The predicted octanol–water partition coefficient (Wildman–Crippen LogP) is 4.69. The van der Waals surface area contributed by atoms with Crippen LogP contribution in [0.4, 0.5) is 13.2 Å². The second-order valence-corrected chi connectivity index (χ2v) is 5.31. The average molecular weight is 330 g/mol. The van der Waals surface area contributed by atoms with Crippen molar-refractivity contribution >= 4 is 0 Å². The molecule has 4 rings (SSSR count). The molecular weight excluding hydrogens is 319 g/mol. The second kappa shape index (κ2) is 5.33. The lowest BCUT2D eigenvalue weighted by atomic mass is 10.1.